The molecule has 0 amide bonds. The largest absolute Gasteiger partial charge is 0.481 e. The highest BCUT2D eigenvalue weighted by Crippen LogP contribution is 2.09. The minimum absolute atomic E-state index is 0.509. The Bertz CT molecular complexity index is 264. The number of rotatable bonds is 3. The molecule has 5 nitrogen and oxygen atoms in total. The third-order valence-electron chi connectivity index (χ3n) is 1.28. The molecule has 0 radical (unpaired) electrons. The van der Waals surface area contributed by atoms with E-state index in [-0.39, 0.29) is 0 Å². The molecule has 0 spiro atoms. The zero-order valence-corrected chi connectivity index (χ0v) is 7.38. The molecule has 0 saturated heterocycles. The number of hydrogen-bond donors (Lipinski definition) is 2. The first-order valence-corrected chi connectivity index (χ1v) is 3.58. The molecule has 0 unspecified atom stereocenters. The summed E-state index contributed by atoms with van der Waals surface area (Å²) in [6.07, 6.45) is 0. The van der Waals surface area contributed by atoms with Crippen molar-refractivity contribution in [2.75, 3.05) is 19.6 Å². The molecule has 0 bridgehead atoms. The van der Waals surface area contributed by atoms with Crippen molar-refractivity contribution in [1.29, 1.82) is 0 Å². The molecule has 0 aromatic carbocycles. The Hall–Kier alpha value is -1.36. The fraction of sp³-hybridized carbons (Fsp3) is 0.429. The smallest absolute Gasteiger partial charge is 0.240 e. The summed E-state index contributed by atoms with van der Waals surface area (Å²) in [6.45, 7) is 1.88. The van der Waals surface area contributed by atoms with Crippen LogP contribution in [0.15, 0.2) is 6.07 Å². The van der Waals surface area contributed by atoms with Crippen molar-refractivity contribution in [3.05, 3.63) is 11.8 Å². The van der Waals surface area contributed by atoms with Crippen LogP contribution in [0.25, 0.3) is 0 Å². The molecule has 0 fully saturated rings. The van der Waals surface area contributed by atoms with Gasteiger partial charge < -0.3 is 4.74 Å². The first kappa shape index (κ1) is 8.73. The van der Waals surface area contributed by atoms with Gasteiger partial charge in [-0.3, -0.25) is 5.43 Å². The highest BCUT2D eigenvalue weighted by atomic mass is 16.5. The van der Waals surface area contributed by atoms with E-state index in [4.69, 9.17) is 4.74 Å². The molecule has 1 heterocycles. The number of hydrazine groups is 1. The van der Waals surface area contributed by atoms with Crippen LogP contribution in [0.5, 0.6) is 5.88 Å². The lowest BCUT2D eigenvalue weighted by atomic mass is 10.4. The van der Waals surface area contributed by atoms with Crippen LogP contribution >= 0.6 is 0 Å². The second-order valence-electron chi connectivity index (χ2n) is 2.25. The van der Waals surface area contributed by atoms with E-state index < -0.39 is 0 Å². The third-order valence-corrected chi connectivity index (χ3v) is 1.28. The molecular formula is C7H12N4O. The van der Waals surface area contributed by atoms with E-state index in [2.05, 4.69) is 20.8 Å². The zero-order valence-electron chi connectivity index (χ0n) is 7.38. The van der Waals surface area contributed by atoms with Gasteiger partial charge >= 0.3 is 0 Å². The minimum atomic E-state index is 0.509. The van der Waals surface area contributed by atoms with E-state index in [9.17, 15) is 0 Å². The van der Waals surface area contributed by atoms with Gasteiger partial charge in [-0.05, 0) is 6.92 Å². The normalized spacial score (nSPS) is 9.58. The molecule has 12 heavy (non-hydrogen) atoms. The molecule has 66 valence electrons. The standard InChI is InChI=1S/C7H12N4O/c1-5-4-6(12-3)10-7(9-5)11-8-2/h4,8H,1-3H3,(H,9,10,11). The molecular weight excluding hydrogens is 156 g/mol. The highest BCUT2D eigenvalue weighted by molar-refractivity contribution is 5.29. The maximum absolute atomic E-state index is 4.96. The summed E-state index contributed by atoms with van der Waals surface area (Å²) in [7, 11) is 3.32. The number of aryl methyl sites for hydroxylation is 1. The van der Waals surface area contributed by atoms with Crippen LogP contribution in [0.3, 0.4) is 0 Å². The number of nitrogens with zero attached hydrogens (tertiary/aromatic N) is 2. The van der Waals surface area contributed by atoms with Gasteiger partial charge in [0.2, 0.25) is 11.8 Å². The van der Waals surface area contributed by atoms with Crippen LogP contribution in [0.2, 0.25) is 0 Å². The van der Waals surface area contributed by atoms with E-state index in [0.29, 0.717) is 11.8 Å². The lowest BCUT2D eigenvalue weighted by molar-refractivity contribution is 0.397. The summed E-state index contributed by atoms with van der Waals surface area (Å²) in [6, 6.07) is 1.76. The summed E-state index contributed by atoms with van der Waals surface area (Å²) in [5.41, 5.74) is 6.36. The minimum Gasteiger partial charge on any atom is -0.481 e. The van der Waals surface area contributed by atoms with E-state index in [0.717, 1.165) is 5.69 Å². The maximum Gasteiger partial charge on any atom is 0.240 e. The Labute approximate surface area is 71.1 Å². The number of hydrogen-bond acceptors (Lipinski definition) is 5. The monoisotopic (exact) mass is 168 g/mol. The number of anilines is 1. The van der Waals surface area contributed by atoms with Crippen LogP contribution in [0, 0.1) is 6.92 Å². The first-order valence-electron chi connectivity index (χ1n) is 3.58. The second-order valence-corrected chi connectivity index (χ2v) is 2.25. The summed E-state index contributed by atoms with van der Waals surface area (Å²) in [4.78, 5) is 8.14. The Kier molecular flexibility index (Phi) is 2.82. The molecule has 0 aliphatic rings. The Balaban J connectivity index is 2.90. The highest BCUT2D eigenvalue weighted by Gasteiger charge is 1.99. The van der Waals surface area contributed by atoms with Crippen LogP contribution < -0.4 is 15.6 Å². The second kappa shape index (κ2) is 3.87. The predicted molar refractivity (Wildman–Crippen MR) is 46.0 cm³/mol. The molecule has 0 saturated carbocycles. The first-order chi connectivity index (χ1) is 5.76. The molecule has 1 rings (SSSR count). The van der Waals surface area contributed by atoms with Crippen molar-refractivity contribution >= 4 is 5.95 Å². The molecule has 0 atom stereocenters. The van der Waals surface area contributed by atoms with E-state index in [1.165, 1.54) is 0 Å². The number of ether oxygens (including phenoxy) is 1. The molecule has 5 heteroatoms. The average Bonchev–Trinajstić information content (AvgIpc) is 2.04. The van der Waals surface area contributed by atoms with Gasteiger partial charge in [0.05, 0.1) is 7.11 Å². The van der Waals surface area contributed by atoms with Gasteiger partial charge in [-0.1, -0.05) is 0 Å². The maximum atomic E-state index is 4.96. The van der Waals surface area contributed by atoms with Crippen LogP contribution in [-0.4, -0.2) is 24.1 Å². The molecule has 1 aromatic heterocycles. The van der Waals surface area contributed by atoms with Crippen molar-refractivity contribution in [2.24, 2.45) is 0 Å². The SMILES string of the molecule is CNNc1nc(C)cc(OC)n1. The summed E-state index contributed by atoms with van der Waals surface area (Å²) >= 11 is 0. The Morgan fingerprint density at radius 3 is 2.75 bits per heavy atom. The van der Waals surface area contributed by atoms with E-state index >= 15 is 0 Å². The fourth-order valence-corrected chi connectivity index (χ4v) is 0.812. The van der Waals surface area contributed by atoms with Gasteiger partial charge in [0.25, 0.3) is 0 Å². The van der Waals surface area contributed by atoms with Gasteiger partial charge in [0.15, 0.2) is 0 Å². The number of nitrogens with one attached hydrogen (secondary N) is 2. The van der Waals surface area contributed by atoms with E-state index in [1.807, 2.05) is 6.92 Å². The third kappa shape index (κ3) is 2.06. The van der Waals surface area contributed by atoms with Gasteiger partial charge in [-0.15, -0.1) is 0 Å². The Morgan fingerprint density at radius 1 is 1.42 bits per heavy atom. The topological polar surface area (TPSA) is 59.1 Å². The molecule has 2 N–H and O–H groups in total. The van der Waals surface area contributed by atoms with Crippen molar-refractivity contribution in [2.45, 2.75) is 6.92 Å². The van der Waals surface area contributed by atoms with Gasteiger partial charge in [0.1, 0.15) is 0 Å². The zero-order chi connectivity index (χ0) is 8.97. The number of methoxy groups -OCH3 is 1. The summed E-state index contributed by atoms with van der Waals surface area (Å²) < 4.78 is 4.96. The van der Waals surface area contributed by atoms with Gasteiger partial charge in [0, 0.05) is 18.8 Å². The van der Waals surface area contributed by atoms with Crippen LogP contribution in [0.1, 0.15) is 5.69 Å². The molecule has 1 aromatic rings. The summed E-state index contributed by atoms with van der Waals surface area (Å²) in [5.74, 6) is 1.06. The van der Waals surface area contributed by atoms with Crippen molar-refractivity contribution in [1.82, 2.24) is 15.4 Å². The Morgan fingerprint density at radius 2 is 2.17 bits per heavy atom. The number of aromatic nitrogens is 2. The van der Waals surface area contributed by atoms with Gasteiger partial charge in [-0.2, -0.15) is 4.98 Å². The van der Waals surface area contributed by atoms with Crippen molar-refractivity contribution < 1.29 is 4.74 Å². The average molecular weight is 168 g/mol. The predicted octanol–water partition coefficient (Wildman–Crippen LogP) is 0.340. The fourth-order valence-electron chi connectivity index (χ4n) is 0.812. The van der Waals surface area contributed by atoms with Crippen molar-refractivity contribution in [3.63, 3.8) is 0 Å². The quantitative estimate of drug-likeness (QED) is 0.637. The van der Waals surface area contributed by atoms with Crippen LogP contribution in [-0.2, 0) is 0 Å². The van der Waals surface area contributed by atoms with E-state index in [1.54, 1.807) is 20.2 Å². The van der Waals surface area contributed by atoms with Crippen molar-refractivity contribution in [3.8, 4) is 5.88 Å². The lowest BCUT2D eigenvalue weighted by Crippen LogP contribution is -2.17. The summed E-state index contributed by atoms with van der Waals surface area (Å²) in [5, 5.41) is 0. The van der Waals surface area contributed by atoms with Crippen LogP contribution in [0.4, 0.5) is 5.95 Å². The molecule has 0 aliphatic carbocycles. The molecule has 0 aliphatic heterocycles. The van der Waals surface area contributed by atoms with Gasteiger partial charge in [-0.25, -0.2) is 10.4 Å². The lowest BCUT2D eigenvalue weighted by Gasteiger charge is -2.05.